The van der Waals surface area contributed by atoms with Crippen LogP contribution < -0.4 is 10.6 Å². The molecule has 5 nitrogen and oxygen atoms in total. The SMILES string of the molecule is CCc1nc(N)cc(N(C)Cc2ccoc2C)n1. The first kappa shape index (κ1) is 12.4. The summed E-state index contributed by atoms with van der Waals surface area (Å²) < 4.78 is 5.29. The van der Waals surface area contributed by atoms with E-state index in [9.17, 15) is 0 Å². The fourth-order valence-electron chi connectivity index (χ4n) is 1.77. The van der Waals surface area contributed by atoms with Crippen molar-refractivity contribution in [3.8, 4) is 0 Å². The van der Waals surface area contributed by atoms with Gasteiger partial charge < -0.3 is 15.1 Å². The maximum absolute atomic E-state index is 5.78. The number of aromatic nitrogens is 2. The minimum absolute atomic E-state index is 0.507. The Morgan fingerprint density at radius 1 is 1.39 bits per heavy atom. The molecule has 0 saturated carbocycles. The summed E-state index contributed by atoms with van der Waals surface area (Å²) in [6.07, 6.45) is 2.47. The van der Waals surface area contributed by atoms with Gasteiger partial charge in [0.25, 0.3) is 0 Å². The Labute approximate surface area is 107 Å². The minimum Gasteiger partial charge on any atom is -0.469 e. The van der Waals surface area contributed by atoms with Crippen molar-refractivity contribution < 1.29 is 4.42 Å². The molecule has 2 aromatic rings. The van der Waals surface area contributed by atoms with Crippen LogP contribution in [-0.4, -0.2) is 17.0 Å². The van der Waals surface area contributed by atoms with Crippen LogP contribution in [0, 0.1) is 6.92 Å². The molecule has 0 aliphatic heterocycles. The molecule has 0 atom stereocenters. The first-order chi connectivity index (χ1) is 8.60. The molecular weight excluding hydrogens is 228 g/mol. The molecule has 0 fully saturated rings. The Bertz CT molecular complexity index is 536. The van der Waals surface area contributed by atoms with Crippen LogP contribution in [0.5, 0.6) is 0 Å². The van der Waals surface area contributed by atoms with Gasteiger partial charge in [0, 0.05) is 31.6 Å². The highest BCUT2D eigenvalue weighted by Gasteiger charge is 2.09. The van der Waals surface area contributed by atoms with Crippen molar-refractivity contribution in [2.24, 2.45) is 0 Å². The lowest BCUT2D eigenvalue weighted by atomic mass is 10.2. The Morgan fingerprint density at radius 2 is 2.17 bits per heavy atom. The number of nitrogens with zero attached hydrogens (tertiary/aromatic N) is 3. The molecule has 2 heterocycles. The lowest BCUT2D eigenvalue weighted by Crippen LogP contribution is -2.19. The number of hydrogen-bond acceptors (Lipinski definition) is 5. The second-order valence-electron chi connectivity index (χ2n) is 4.28. The molecule has 2 N–H and O–H groups in total. The first-order valence-corrected chi connectivity index (χ1v) is 5.97. The molecule has 0 unspecified atom stereocenters. The summed E-state index contributed by atoms with van der Waals surface area (Å²) in [5.74, 6) is 3.04. The fourth-order valence-corrected chi connectivity index (χ4v) is 1.77. The lowest BCUT2D eigenvalue weighted by Gasteiger charge is -2.18. The summed E-state index contributed by atoms with van der Waals surface area (Å²) >= 11 is 0. The molecule has 0 bridgehead atoms. The maximum Gasteiger partial charge on any atom is 0.134 e. The van der Waals surface area contributed by atoms with Gasteiger partial charge in [0.05, 0.1) is 6.26 Å². The largest absolute Gasteiger partial charge is 0.469 e. The van der Waals surface area contributed by atoms with Crippen molar-refractivity contribution in [2.75, 3.05) is 17.7 Å². The van der Waals surface area contributed by atoms with Crippen LogP contribution in [0.25, 0.3) is 0 Å². The van der Waals surface area contributed by atoms with Gasteiger partial charge in [-0.3, -0.25) is 0 Å². The lowest BCUT2D eigenvalue weighted by molar-refractivity contribution is 0.529. The smallest absolute Gasteiger partial charge is 0.134 e. The summed E-state index contributed by atoms with van der Waals surface area (Å²) in [7, 11) is 1.98. The van der Waals surface area contributed by atoms with E-state index in [1.54, 1.807) is 12.3 Å². The standard InChI is InChI=1S/C13H18N4O/c1-4-12-15-11(14)7-13(16-12)17(3)8-10-5-6-18-9(10)2/h5-7H,4,8H2,1-3H3,(H2,14,15,16). The van der Waals surface area contributed by atoms with E-state index >= 15 is 0 Å². The molecule has 0 aliphatic rings. The van der Waals surface area contributed by atoms with Gasteiger partial charge in [-0.2, -0.15) is 0 Å². The Balaban J connectivity index is 2.20. The van der Waals surface area contributed by atoms with Crippen molar-refractivity contribution in [3.63, 3.8) is 0 Å². The molecule has 5 heteroatoms. The molecule has 0 aromatic carbocycles. The molecule has 0 aliphatic carbocycles. The molecule has 96 valence electrons. The third-order valence-corrected chi connectivity index (χ3v) is 2.86. The van der Waals surface area contributed by atoms with Crippen LogP contribution in [0.15, 0.2) is 22.8 Å². The minimum atomic E-state index is 0.507. The topological polar surface area (TPSA) is 68.2 Å². The highest BCUT2D eigenvalue weighted by atomic mass is 16.3. The third-order valence-electron chi connectivity index (χ3n) is 2.86. The van der Waals surface area contributed by atoms with E-state index in [2.05, 4.69) is 9.97 Å². The van der Waals surface area contributed by atoms with Crippen LogP contribution in [0.1, 0.15) is 24.1 Å². The van der Waals surface area contributed by atoms with Crippen LogP contribution in [0.4, 0.5) is 11.6 Å². The Hall–Kier alpha value is -2.04. The average molecular weight is 246 g/mol. The Morgan fingerprint density at radius 3 is 2.78 bits per heavy atom. The number of furan rings is 1. The molecule has 18 heavy (non-hydrogen) atoms. The van der Waals surface area contributed by atoms with E-state index in [4.69, 9.17) is 10.2 Å². The third kappa shape index (κ3) is 2.61. The van der Waals surface area contributed by atoms with Gasteiger partial charge in [-0.25, -0.2) is 9.97 Å². The van der Waals surface area contributed by atoms with Gasteiger partial charge >= 0.3 is 0 Å². The number of nitrogens with two attached hydrogens (primary N) is 1. The van der Waals surface area contributed by atoms with E-state index in [1.165, 1.54) is 0 Å². The molecule has 0 saturated heterocycles. The maximum atomic E-state index is 5.78. The van der Waals surface area contributed by atoms with Crippen molar-refractivity contribution in [1.29, 1.82) is 0 Å². The molecule has 0 radical (unpaired) electrons. The molecule has 0 amide bonds. The van der Waals surface area contributed by atoms with Crippen molar-refractivity contribution in [2.45, 2.75) is 26.8 Å². The summed E-state index contributed by atoms with van der Waals surface area (Å²) in [6, 6.07) is 3.76. The second-order valence-corrected chi connectivity index (χ2v) is 4.28. The van der Waals surface area contributed by atoms with Gasteiger partial charge in [0.1, 0.15) is 23.2 Å². The molecular formula is C13H18N4O. The second kappa shape index (κ2) is 5.08. The van der Waals surface area contributed by atoms with E-state index < -0.39 is 0 Å². The van der Waals surface area contributed by atoms with Gasteiger partial charge in [-0.05, 0) is 13.0 Å². The molecule has 2 aromatic heterocycles. The zero-order valence-corrected chi connectivity index (χ0v) is 11.0. The van der Waals surface area contributed by atoms with Crippen molar-refractivity contribution >= 4 is 11.6 Å². The summed E-state index contributed by atoms with van der Waals surface area (Å²) in [4.78, 5) is 10.7. The van der Waals surface area contributed by atoms with Crippen LogP contribution in [0.2, 0.25) is 0 Å². The summed E-state index contributed by atoms with van der Waals surface area (Å²) in [6.45, 7) is 4.70. The van der Waals surface area contributed by atoms with Gasteiger partial charge in [0.2, 0.25) is 0 Å². The zero-order valence-electron chi connectivity index (χ0n) is 11.0. The van der Waals surface area contributed by atoms with Gasteiger partial charge in [-0.1, -0.05) is 6.92 Å². The summed E-state index contributed by atoms with van der Waals surface area (Å²) in [5, 5.41) is 0. The van der Waals surface area contributed by atoms with E-state index in [1.807, 2.05) is 31.9 Å². The monoisotopic (exact) mass is 246 g/mol. The van der Waals surface area contributed by atoms with Gasteiger partial charge in [0.15, 0.2) is 0 Å². The first-order valence-electron chi connectivity index (χ1n) is 5.97. The van der Waals surface area contributed by atoms with Crippen LogP contribution in [-0.2, 0) is 13.0 Å². The summed E-state index contributed by atoms with van der Waals surface area (Å²) in [5.41, 5.74) is 6.93. The van der Waals surface area contributed by atoms with E-state index in [-0.39, 0.29) is 0 Å². The van der Waals surface area contributed by atoms with Crippen molar-refractivity contribution in [3.05, 3.63) is 35.5 Å². The number of hydrogen-bond donors (Lipinski definition) is 1. The zero-order chi connectivity index (χ0) is 13.1. The van der Waals surface area contributed by atoms with E-state index in [0.717, 1.165) is 35.9 Å². The number of anilines is 2. The predicted molar refractivity (Wildman–Crippen MR) is 71.4 cm³/mol. The van der Waals surface area contributed by atoms with Crippen LogP contribution >= 0.6 is 0 Å². The molecule has 2 rings (SSSR count). The fraction of sp³-hybridized carbons (Fsp3) is 0.385. The predicted octanol–water partition coefficient (Wildman–Crippen LogP) is 2.16. The highest BCUT2D eigenvalue weighted by molar-refractivity contribution is 5.47. The quantitative estimate of drug-likeness (QED) is 0.895. The number of aryl methyl sites for hydroxylation is 2. The van der Waals surface area contributed by atoms with Crippen molar-refractivity contribution in [1.82, 2.24) is 9.97 Å². The van der Waals surface area contributed by atoms with E-state index in [0.29, 0.717) is 5.82 Å². The molecule has 0 spiro atoms. The highest BCUT2D eigenvalue weighted by Crippen LogP contribution is 2.17. The number of rotatable bonds is 4. The number of nitrogen functional groups attached to an aromatic ring is 1. The van der Waals surface area contributed by atoms with Crippen LogP contribution in [0.3, 0.4) is 0 Å². The van der Waals surface area contributed by atoms with Gasteiger partial charge in [-0.15, -0.1) is 0 Å². The average Bonchev–Trinajstić information content (AvgIpc) is 2.74. The normalized spacial score (nSPS) is 10.6. The Kier molecular flexibility index (Phi) is 3.50.